The van der Waals surface area contributed by atoms with Gasteiger partial charge in [-0.15, -0.1) is 0 Å². The highest BCUT2D eigenvalue weighted by molar-refractivity contribution is 5.89. The third-order valence-corrected chi connectivity index (χ3v) is 4.51. The number of carbonyl (C=O) groups excluding carboxylic acids is 1. The molecule has 2 saturated heterocycles. The molecule has 130 valence electrons. The maximum atomic E-state index is 12.0. The van der Waals surface area contributed by atoms with Gasteiger partial charge in [-0.25, -0.2) is 4.79 Å². The number of carboxylic acids is 1. The molecule has 1 unspecified atom stereocenters. The minimum Gasteiger partial charge on any atom is -0.481 e. The summed E-state index contributed by atoms with van der Waals surface area (Å²) in [5.41, 5.74) is 0.864. The van der Waals surface area contributed by atoms with Crippen LogP contribution >= 0.6 is 0 Å². The van der Waals surface area contributed by atoms with Crippen LogP contribution in [0, 0.1) is 0 Å². The number of cyclic esters (lactones) is 1. The maximum absolute atomic E-state index is 12.0. The average molecular weight is 333 g/mol. The first-order valence-electron chi connectivity index (χ1n) is 8.31. The first-order valence-corrected chi connectivity index (χ1v) is 8.31. The van der Waals surface area contributed by atoms with Crippen molar-refractivity contribution in [3.8, 4) is 0 Å². The molecule has 7 heteroatoms. The smallest absolute Gasteiger partial charge is 0.414 e. The summed E-state index contributed by atoms with van der Waals surface area (Å²) in [5.74, 6) is -0.753. The molecule has 3 rings (SSSR count). The lowest BCUT2D eigenvalue weighted by atomic mass is 10.2. The Hall–Kier alpha value is -2.12. The number of para-hydroxylation sites is 1. The van der Waals surface area contributed by atoms with Gasteiger partial charge in [0.1, 0.15) is 6.10 Å². The number of hydrogen-bond acceptors (Lipinski definition) is 5. The van der Waals surface area contributed by atoms with E-state index >= 15 is 0 Å². The summed E-state index contributed by atoms with van der Waals surface area (Å²) in [5, 5.41) is 8.74. The van der Waals surface area contributed by atoms with Crippen molar-refractivity contribution in [2.24, 2.45) is 0 Å². The molecule has 0 spiro atoms. The highest BCUT2D eigenvalue weighted by atomic mass is 16.6. The quantitative estimate of drug-likeness (QED) is 0.840. The Morgan fingerprint density at radius 1 is 1.12 bits per heavy atom. The van der Waals surface area contributed by atoms with Crippen LogP contribution in [-0.2, 0) is 9.53 Å². The molecule has 0 saturated carbocycles. The van der Waals surface area contributed by atoms with Crippen molar-refractivity contribution in [1.82, 2.24) is 9.80 Å². The van der Waals surface area contributed by atoms with Crippen molar-refractivity contribution < 1.29 is 19.4 Å². The molecule has 1 aromatic rings. The van der Waals surface area contributed by atoms with Crippen molar-refractivity contribution in [2.75, 3.05) is 50.7 Å². The summed E-state index contributed by atoms with van der Waals surface area (Å²) in [6.45, 7) is 5.36. The van der Waals surface area contributed by atoms with E-state index in [1.54, 1.807) is 4.90 Å². The molecule has 2 aliphatic rings. The Balaban J connectivity index is 1.45. The highest BCUT2D eigenvalue weighted by Gasteiger charge is 2.33. The lowest BCUT2D eigenvalue weighted by Crippen LogP contribution is -2.49. The van der Waals surface area contributed by atoms with Crippen LogP contribution in [0.2, 0.25) is 0 Å². The van der Waals surface area contributed by atoms with E-state index in [1.807, 2.05) is 30.3 Å². The Bertz CT molecular complexity index is 572. The van der Waals surface area contributed by atoms with Crippen molar-refractivity contribution in [2.45, 2.75) is 12.5 Å². The first kappa shape index (κ1) is 16.7. The number of ether oxygens (including phenoxy) is 1. The molecule has 1 N–H and O–H groups in total. The van der Waals surface area contributed by atoms with E-state index in [1.165, 1.54) is 0 Å². The van der Waals surface area contributed by atoms with Gasteiger partial charge < -0.3 is 14.7 Å². The molecule has 24 heavy (non-hydrogen) atoms. The van der Waals surface area contributed by atoms with E-state index in [2.05, 4.69) is 9.80 Å². The Labute approximate surface area is 141 Å². The van der Waals surface area contributed by atoms with Crippen molar-refractivity contribution >= 4 is 17.7 Å². The predicted molar refractivity (Wildman–Crippen MR) is 89.2 cm³/mol. The second kappa shape index (κ2) is 7.63. The first-order chi connectivity index (χ1) is 11.6. The number of rotatable bonds is 6. The second-order valence-corrected chi connectivity index (χ2v) is 6.24. The van der Waals surface area contributed by atoms with Crippen LogP contribution in [0.15, 0.2) is 30.3 Å². The van der Waals surface area contributed by atoms with Crippen LogP contribution < -0.4 is 4.90 Å². The highest BCUT2D eigenvalue weighted by Crippen LogP contribution is 2.21. The van der Waals surface area contributed by atoms with E-state index < -0.39 is 5.97 Å². The fraction of sp³-hybridized carbons (Fsp3) is 0.529. The van der Waals surface area contributed by atoms with Crippen LogP contribution in [0.3, 0.4) is 0 Å². The summed E-state index contributed by atoms with van der Waals surface area (Å²) >= 11 is 0. The zero-order valence-corrected chi connectivity index (χ0v) is 13.6. The van der Waals surface area contributed by atoms with Gasteiger partial charge in [-0.1, -0.05) is 18.2 Å². The van der Waals surface area contributed by atoms with E-state index in [-0.39, 0.29) is 18.6 Å². The monoisotopic (exact) mass is 333 g/mol. The lowest BCUT2D eigenvalue weighted by molar-refractivity contribution is -0.137. The predicted octanol–water partition coefficient (Wildman–Crippen LogP) is 1.10. The fourth-order valence-corrected chi connectivity index (χ4v) is 3.17. The van der Waals surface area contributed by atoms with E-state index in [0.29, 0.717) is 13.1 Å². The van der Waals surface area contributed by atoms with Gasteiger partial charge in [-0.2, -0.15) is 0 Å². The van der Waals surface area contributed by atoms with Crippen LogP contribution in [0.1, 0.15) is 6.42 Å². The Morgan fingerprint density at radius 2 is 1.79 bits per heavy atom. The summed E-state index contributed by atoms with van der Waals surface area (Å²) in [7, 11) is 0. The third-order valence-electron chi connectivity index (χ3n) is 4.51. The number of aliphatic carboxylic acids is 1. The zero-order chi connectivity index (χ0) is 16.9. The lowest BCUT2D eigenvalue weighted by Gasteiger charge is -2.35. The standard InChI is InChI=1S/C17H23N3O4/c21-16(22)6-7-18-8-10-19(11-9-18)12-15-13-20(17(23)24-15)14-4-2-1-3-5-14/h1-5,15H,6-13H2,(H,21,22). The molecule has 1 aromatic carbocycles. The summed E-state index contributed by atoms with van der Waals surface area (Å²) in [6.07, 6.45) is -0.221. The number of piperazine rings is 1. The third kappa shape index (κ3) is 4.24. The Morgan fingerprint density at radius 3 is 2.46 bits per heavy atom. The average Bonchev–Trinajstić information content (AvgIpc) is 2.95. The molecule has 2 heterocycles. The van der Waals surface area contributed by atoms with Gasteiger partial charge in [-0.3, -0.25) is 14.6 Å². The topological polar surface area (TPSA) is 73.3 Å². The number of benzene rings is 1. The normalized spacial score (nSPS) is 22.6. The largest absolute Gasteiger partial charge is 0.481 e. The molecule has 1 amide bonds. The summed E-state index contributed by atoms with van der Waals surface area (Å²) < 4.78 is 5.49. The number of nitrogens with zero attached hydrogens (tertiary/aromatic N) is 3. The molecular weight excluding hydrogens is 310 g/mol. The van der Waals surface area contributed by atoms with Gasteiger partial charge in [0.05, 0.1) is 13.0 Å². The molecule has 0 radical (unpaired) electrons. The van der Waals surface area contributed by atoms with E-state index in [0.717, 1.165) is 38.4 Å². The number of carboxylic acid groups (broad SMARTS) is 1. The van der Waals surface area contributed by atoms with Gasteiger partial charge in [0.25, 0.3) is 0 Å². The van der Waals surface area contributed by atoms with Crippen molar-refractivity contribution in [3.05, 3.63) is 30.3 Å². The Kier molecular flexibility index (Phi) is 5.32. The SMILES string of the molecule is O=C(O)CCN1CCN(CC2CN(c3ccccc3)C(=O)O2)CC1. The molecule has 0 aromatic heterocycles. The zero-order valence-electron chi connectivity index (χ0n) is 13.6. The molecule has 0 aliphatic carbocycles. The van der Waals surface area contributed by atoms with Gasteiger partial charge in [0, 0.05) is 45.0 Å². The number of carbonyl (C=O) groups is 2. The minimum absolute atomic E-state index is 0.122. The van der Waals surface area contributed by atoms with Gasteiger partial charge in [0.2, 0.25) is 0 Å². The minimum atomic E-state index is -0.753. The maximum Gasteiger partial charge on any atom is 0.414 e. The van der Waals surface area contributed by atoms with Crippen molar-refractivity contribution in [1.29, 1.82) is 0 Å². The summed E-state index contributed by atoms with van der Waals surface area (Å²) in [6, 6.07) is 9.56. The molecule has 1 atom stereocenters. The molecule has 2 fully saturated rings. The van der Waals surface area contributed by atoms with Crippen LogP contribution in [0.5, 0.6) is 0 Å². The van der Waals surface area contributed by atoms with Gasteiger partial charge >= 0.3 is 12.1 Å². The summed E-state index contributed by atoms with van der Waals surface area (Å²) in [4.78, 5) is 28.8. The van der Waals surface area contributed by atoms with E-state index in [9.17, 15) is 9.59 Å². The van der Waals surface area contributed by atoms with E-state index in [4.69, 9.17) is 9.84 Å². The molecule has 2 aliphatic heterocycles. The van der Waals surface area contributed by atoms with Gasteiger partial charge in [0.15, 0.2) is 0 Å². The van der Waals surface area contributed by atoms with Crippen LogP contribution in [0.4, 0.5) is 10.5 Å². The number of anilines is 1. The molecule has 0 bridgehead atoms. The molecular formula is C17H23N3O4. The number of hydrogen-bond donors (Lipinski definition) is 1. The molecule has 7 nitrogen and oxygen atoms in total. The van der Waals surface area contributed by atoms with Gasteiger partial charge in [-0.05, 0) is 12.1 Å². The number of amides is 1. The van der Waals surface area contributed by atoms with Crippen LogP contribution in [0.25, 0.3) is 0 Å². The second-order valence-electron chi connectivity index (χ2n) is 6.24. The fourth-order valence-electron chi connectivity index (χ4n) is 3.17. The van der Waals surface area contributed by atoms with Crippen LogP contribution in [-0.4, -0.2) is 78.9 Å². The van der Waals surface area contributed by atoms with Crippen molar-refractivity contribution in [3.63, 3.8) is 0 Å².